The molecule has 1 aromatic carbocycles. The number of likely N-dealkylation sites (tertiary alicyclic amines) is 1. The summed E-state index contributed by atoms with van der Waals surface area (Å²) >= 11 is 6.71. The van der Waals surface area contributed by atoms with E-state index >= 15 is 0 Å². The summed E-state index contributed by atoms with van der Waals surface area (Å²) in [6, 6.07) is 3.98. The van der Waals surface area contributed by atoms with Crippen LogP contribution in [0.1, 0.15) is 23.2 Å². The first-order chi connectivity index (χ1) is 8.54. The standard InChI is InChI=1S/C12H12I3NO2/c13-7-4-9(11(15)10(14)5-7)12(18)16-3-1-2-8(16)6-17/h4-5,8,17H,1-3,6H2/t8-/m1/s1. The fourth-order valence-corrected chi connectivity index (χ4v) is 4.55. The zero-order valence-corrected chi connectivity index (χ0v) is 16.0. The number of hydrogen-bond acceptors (Lipinski definition) is 2. The molecule has 1 amide bonds. The van der Waals surface area contributed by atoms with Crippen molar-refractivity contribution in [3.63, 3.8) is 0 Å². The van der Waals surface area contributed by atoms with Crippen LogP contribution in [0, 0.1) is 10.7 Å². The first-order valence-corrected chi connectivity index (χ1v) is 8.84. The maximum Gasteiger partial charge on any atom is 0.255 e. The second-order valence-electron chi connectivity index (χ2n) is 4.23. The molecule has 3 nitrogen and oxygen atoms in total. The van der Waals surface area contributed by atoms with Gasteiger partial charge in [0.05, 0.1) is 18.2 Å². The lowest BCUT2D eigenvalue weighted by Crippen LogP contribution is -2.38. The molecule has 0 unspecified atom stereocenters. The van der Waals surface area contributed by atoms with Crippen LogP contribution < -0.4 is 0 Å². The van der Waals surface area contributed by atoms with E-state index in [0.29, 0.717) is 0 Å². The molecule has 6 heteroatoms. The van der Waals surface area contributed by atoms with Gasteiger partial charge in [-0.1, -0.05) is 0 Å². The Hall–Kier alpha value is 0.840. The van der Waals surface area contributed by atoms with E-state index in [-0.39, 0.29) is 18.6 Å². The molecule has 1 saturated heterocycles. The number of carbonyl (C=O) groups excluding carboxylic acids is 1. The van der Waals surface area contributed by atoms with E-state index in [4.69, 9.17) is 0 Å². The predicted octanol–water partition coefficient (Wildman–Crippen LogP) is 3.10. The normalized spacial score (nSPS) is 19.3. The van der Waals surface area contributed by atoms with Gasteiger partial charge >= 0.3 is 0 Å². The minimum absolute atomic E-state index is 0.0103. The van der Waals surface area contributed by atoms with Gasteiger partial charge < -0.3 is 10.0 Å². The van der Waals surface area contributed by atoms with Crippen LogP contribution in [0.3, 0.4) is 0 Å². The number of rotatable bonds is 2. The van der Waals surface area contributed by atoms with Gasteiger partial charge in [-0.25, -0.2) is 0 Å². The van der Waals surface area contributed by atoms with Crippen molar-refractivity contribution in [1.29, 1.82) is 0 Å². The zero-order chi connectivity index (χ0) is 13.3. The van der Waals surface area contributed by atoms with E-state index in [1.165, 1.54) is 0 Å². The minimum Gasteiger partial charge on any atom is -0.394 e. The van der Waals surface area contributed by atoms with Gasteiger partial charge in [0.25, 0.3) is 5.91 Å². The van der Waals surface area contributed by atoms with Crippen molar-refractivity contribution < 1.29 is 9.90 Å². The van der Waals surface area contributed by atoms with Gasteiger partial charge in [-0.2, -0.15) is 0 Å². The van der Waals surface area contributed by atoms with Crippen molar-refractivity contribution in [2.75, 3.05) is 13.2 Å². The molecule has 1 aromatic rings. The second-order valence-corrected chi connectivity index (χ2v) is 7.71. The van der Waals surface area contributed by atoms with Crippen molar-refractivity contribution in [3.05, 3.63) is 28.4 Å². The number of aliphatic hydroxyl groups is 1. The smallest absolute Gasteiger partial charge is 0.255 e. The lowest BCUT2D eigenvalue weighted by Gasteiger charge is -2.24. The van der Waals surface area contributed by atoms with E-state index < -0.39 is 0 Å². The summed E-state index contributed by atoms with van der Waals surface area (Å²) in [6.07, 6.45) is 1.88. The molecule has 0 radical (unpaired) electrons. The molecule has 0 aliphatic carbocycles. The average molecular weight is 583 g/mol. The third kappa shape index (κ3) is 3.11. The Balaban J connectivity index is 2.34. The Morgan fingerprint density at radius 3 is 2.78 bits per heavy atom. The molecule has 1 heterocycles. The molecule has 0 bridgehead atoms. The number of hydrogen-bond donors (Lipinski definition) is 1. The first kappa shape index (κ1) is 15.2. The van der Waals surface area contributed by atoms with Crippen LogP contribution >= 0.6 is 67.8 Å². The first-order valence-electron chi connectivity index (χ1n) is 5.61. The second kappa shape index (κ2) is 6.53. The molecular weight excluding hydrogens is 571 g/mol. The zero-order valence-electron chi connectivity index (χ0n) is 9.50. The topological polar surface area (TPSA) is 40.5 Å². The summed E-state index contributed by atoms with van der Waals surface area (Å²) in [4.78, 5) is 14.4. The van der Waals surface area contributed by atoms with E-state index in [0.717, 1.165) is 35.7 Å². The molecule has 18 heavy (non-hydrogen) atoms. The van der Waals surface area contributed by atoms with Crippen LogP contribution in [0.25, 0.3) is 0 Å². The van der Waals surface area contributed by atoms with E-state index in [1.54, 1.807) is 0 Å². The molecule has 0 spiro atoms. The van der Waals surface area contributed by atoms with Gasteiger partial charge in [-0.05, 0) is 92.7 Å². The number of aliphatic hydroxyl groups excluding tert-OH is 1. The molecule has 1 atom stereocenters. The fraction of sp³-hybridized carbons (Fsp3) is 0.417. The maximum absolute atomic E-state index is 12.5. The van der Waals surface area contributed by atoms with E-state index in [1.807, 2.05) is 11.0 Å². The predicted molar refractivity (Wildman–Crippen MR) is 95.7 cm³/mol. The highest BCUT2D eigenvalue weighted by molar-refractivity contribution is 14.1. The molecule has 1 N–H and O–H groups in total. The Labute approximate surface area is 147 Å². The average Bonchev–Trinajstić information content (AvgIpc) is 2.81. The summed E-state index contributed by atoms with van der Waals surface area (Å²) in [5, 5.41) is 9.31. The van der Waals surface area contributed by atoms with Gasteiger partial charge in [-0.15, -0.1) is 0 Å². The largest absolute Gasteiger partial charge is 0.394 e. The quantitative estimate of drug-likeness (QED) is 0.430. The van der Waals surface area contributed by atoms with Crippen molar-refractivity contribution in [2.45, 2.75) is 18.9 Å². The van der Waals surface area contributed by atoms with Crippen LogP contribution in [0.4, 0.5) is 0 Å². The minimum atomic E-state index is -0.0103. The Morgan fingerprint density at radius 2 is 2.11 bits per heavy atom. The highest BCUT2D eigenvalue weighted by atomic mass is 127. The van der Waals surface area contributed by atoms with Crippen LogP contribution in [0.15, 0.2) is 12.1 Å². The lowest BCUT2D eigenvalue weighted by atomic mass is 10.2. The third-order valence-corrected chi connectivity index (χ3v) is 6.74. The lowest BCUT2D eigenvalue weighted by molar-refractivity contribution is 0.0676. The molecule has 0 saturated carbocycles. The summed E-state index contributed by atoms with van der Waals surface area (Å²) in [5.41, 5.74) is 0.757. The van der Waals surface area contributed by atoms with Crippen molar-refractivity contribution in [2.24, 2.45) is 0 Å². The van der Waals surface area contributed by atoms with Crippen LogP contribution in [-0.2, 0) is 0 Å². The van der Waals surface area contributed by atoms with Crippen molar-refractivity contribution in [3.8, 4) is 0 Å². The highest BCUT2D eigenvalue weighted by Crippen LogP contribution is 2.26. The molecule has 1 aliphatic rings. The summed E-state index contributed by atoms with van der Waals surface area (Å²) in [6.45, 7) is 0.811. The summed E-state index contributed by atoms with van der Waals surface area (Å²) in [7, 11) is 0. The van der Waals surface area contributed by atoms with Crippen LogP contribution in [0.2, 0.25) is 0 Å². The third-order valence-electron chi connectivity index (χ3n) is 3.07. The van der Waals surface area contributed by atoms with Crippen LogP contribution in [-0.4, -0.2) is 35.1 Å². The Kier molecular flexibility index (Phi) is 5.52. The number of nitrogens with zero attached hydrogens (tertiary/aromatic N) is 1. The van der Waals surface area contributed by atoms with Gasteiger partial charge in [0.15, 0.2) is 0 Å². The molecule has 0 aromatic heterocycles. The summed E-state index contributed by atoms with van der Waals surface area (Å²) in [5.74, 6) is 0.0485. The number of amides is 1. The highest BCUT2D eigenvalue weighted by Gasteiger charge is 2.30. The van der Waals surface area contributed by atoms with E-state index in [9.17, 15) is 9.90 Å². The Bertz CT molecular complexity index is 479. The molecule has 2 rings (SSSR count). The number of halogens is 3. The van der Waals surface area contributed by atoms with Gasteiger partial charge in [0.2, 0.25) is 0 Å². The molecule has 1 fully saturated rings. The van der Waals surface area contributed by atoms with Gasteiger partial charge in [0, 0.05) is 17.3 Å². The van der Waals surface area contributed by atoms with Crippen molar-refractivity contribution >= 4 is 73.7 Å². The summed E-state index contributed by atoms with van der Waals surface area (Å²) < 4.78 is 3.17. The molecular formula is C12H12I3NO2. The fourth-order valence-electron chi connectivity index (χ4n) is 2.16. The SMILES string of the molecule is O=C(c1cc(I)cc(I)c1I)N1CCC[C@@H]1CO. The monoisotopic (exact) mass is 583 g/mol. The number of benzene rings is 1. The van der Waals surface area contributed by atoms with Gasteiger partial charge in [0.1, 0.15) is 0 Å². The molecule has 1 aliphatic heterocycles. The van der Waals surface area contributed by atoms with E-state index in [2.05, 4.69) is 73.8 Å². The van der Waals surface area contributed by atoms with Crippen LogP contribution in [0.5, 0.6) is 0 Å². The Morgan fingerprint density at radius 1 is 1.39 bits per heavy atom. The van der Waals surface area contributed by atoms with Gasteiger partial charge in [-0.3, -0.25) is 4.79 Å². The molecule has 98 valence electrons. The number of carbonyl (C=O) groups is 1. The van der Waals surface area contributed by atoms with Crippen molar-refractivity contribution in [1.82, 2.24) is 4.90 Å². The maximum atomic E-state index is 12.5.